The van der Waals surface area contributed by atoms with Crippen molar-refractivity contribution in [2.24, 2.45) is 0 Å². The first-order valence-corrected chi connectivity index (χ1v) is 9.32. The van der Waals surface area contributed by atoms with E-state index < -0.39 is 23.8 Å². The molecule has 1 aliphatic heterocycles. The number of esters is 1. The maximum absolute atomic E-state index is 13.9. The quantitative estimate of drug-likeness (QED) is 0.679. The van der Waals surface area contributed by atoms with Crippen molar-refractivity contribution in [1.29, 1.82) is 0 Å². The number of thiazole rings is 1. The second kappa shape index (κ2) is 7.40. The van der Waals surface area contributed by atoms with Crippen molar-refractivity contribution < 1.29 is 23.5 Å². The van der Waals surface area contributed by atoms with Crippen LogP contribution in [0.5, 0.6) is 5.75 Å². The van der Waals surface area contributed by atoms with Crippen molar-refractivity contribution in [2.75, 3.05) is 12.4 Å². The van der Waals surface area contributed by atoms with Crippen LogP contribution in [0.4, 0.5) is 9.52 Å². The zero-order chi connectivity index (χ0) is 19.7. The first-order chi connectivity index (χ1) is 13.5. The second-order valence-electron chi connectivity index (χ2n) is 6.13. The summed E-state index contributed by atoms with van der Waals surface area (Å²) in [6.07, 6.45) is -0.622. The average Bonchev–Trinajstić information content (AvgIpc) is 3.16. The molecule has 1 atom stereocenters. The Hall–Kier alpha value is -3.26. The van der Waals surface area contributed by atoms with Gasteiger partial charge in [-0.15, -0.1) is 11.3 Å². The minimum absolute atomic E-state index is 0.145. The van der Waals surface area contributed by atoms with Crippen LogP contribution in [0.1, 0.15) is 15.9 Å². The number of methoxy groups -OCH3 is 1. The van der Waals surface area contributed by atoms with Crippen LogP contribution in [0.3, 0.4) is 0 Å². The monoisotopic (exact) mass is 398 g/mol. The molecule has 0 saturated carbocycles. The molecule has 28 heavy (non-hydrogen) atoms. The molecular formula is C20H15FN2O4S. The maximum atomic E-state index is 13.9. The summed E-state index contributed by atoms with van der Waals surface area (Å²) in [6, 6.07) is 11.6. The van der Waals surface area contributed by atoms with Gasteiger partial charge in [0, 0.05) is 17.4 Å². The molecule has 2 aromatic carbocycles. The van der Waals surface area contributed by atoms with Crippen molar-refractivity contribution in [3.63, 3.8) is 0 Å². The molecule has 4 rings (SSSR count). The van der Waals surface area contributed by atoms with Crippen LogP contribution in [-0.2, 0) is 16.0 Å². The highest BCUT2D eigenvalue weighted by Gasteiger charge is 2.31. The Morgan fingerprint density at radius 3 is 2.93 bits per heavy atom. The number of halogens is 1. The Morgan fingerprint density at radius 2 is 2.14 bits per heavy atom. The van der Waals surface area contributed by atoms with E-state index in [2.05, 4.69) is 10.3 Å². The standard InChI is InChI=1S/C20H15FN2O4S/c1-26-16-7-6-12(8-14(16)21)15-10-28-20(22-15)23-18(24)17-9-11-4-2-3-5-13(11)19(25)27-17/h2-8,10,17H,9H2,1H3,(H,22,23,24)/t17-/m0/s1. The van der Waals surface area contributed by atoms with E-state index in [9.17, 15) is 14.0 Å². The van der Waals surface area contributed by atoms with E-state index in [1.807, 2.05) is 6.07 Å². The van der Waals surface area contributed by atoms with Gasteiger partial charge in [0.2, 0.25) is 0 Å². The lowest BCUT2D eigenvalue weighted by Crippen LogP contribution is -2.37. The highest BCUT2D eigenvalue weighted by atomic mass is 32.1. The Balaban J connectivity index is 1.48. The van der Waals surface area contributed by atoms with Crippen LogP contribution in [0.15, 0.2) is 47.8 Å². The summed E-state index contributed by atoms with van der Waals surface area (Å²) in [5.74, 6) is -1.32. The molecule has 1 N–H and O–H groups in total. The van der Waals surface area contributed by atoms with E-state index in [4.69, 9.17) is 9.47 Å². The fourth-order valence-electron chi connectivity index (χ4n) is 2.95. The summed E-state index contributed by atoms with van der Waals surface area (Å²) >= 11 is 1.20. The Labute approximate surface area is 163 Å². The molecule has 142 valence electrons. The van der Waals surface area contributed by atoms with Crippen LogP contribution < -0.4 is 10.1 Å². The van der Waals surface area contributed by atoms with Crippen molar-refractivity contribution in [2.45, 2.75) is 12.5 Å². The molecule has 0 spiro atoms. The number of carbonyl (C=O) groups excluding carboxylic acids is 2. The van der Waals surface area contributed by atoms with E-state index in [0.29, 0.717) is 28.4 Å². The second-order valence-corrected chi connectivity index (χ2v) is 6.99. The largest absolute Gasteiger partial charge is 0.494 e. The average molecular weight is 398 g/mol. The number of anilines is 1. The van der Waals surface area contributed by atoms with Gasteiger partial charge in [-0.1, -0.05) is 18.2 Å². The summed E-state index contributed by atoms with van der Waals surface area (Å²) in [5, 5.41) is 4.71. The number of carbonyl (C=O) groups is 2. The normalized spacial score (nSPS) is 15.5. The summed E-state index contributed by atoms with van der Waals surface area (Å²) in [5.41, 5.74) is 2.33. The fraction of sp³-hybridized carbons (Fsp3) is 0.150. The van der Waals surface area contributed by atoms with Gasteiger partial charge in [0.1, 0.15) is 0 Å². The predicted octanol–water partition coefficient (Wildman–Crippen LogP) is 3.68. The predicted molar refractivity (Wildman–Crippen MR) is 102 cm³/mol. The molecule has 0 unspecified atom stereocenters. The molecule has 1 amide bonds. The lowest BCUT2D eigenvalue weighted by molar-refractivity contribution is -0.125. The topological polar surface area (TPSA) is 77.5 Å². The smallest absolute Gasteiger partial charge is 0.339 e. The molecule has 1 aliphatic rings. The molecule has 8 heteroatoms. The Bertz CT molecular complexity index is 1070. The lowest BCUT2D eigenvalue weighted by Gasteiger charge is -2.23. The number of benzene rings is 2. The van der Waals surface area contributed by atoms with Crippen molar-refractivity contribution in [3.05, 3.63) is 64.8 Å². The molecule has 3 aromatic rings. The molecule has 0 radical (unpaired) electrons. The third kappa shape index (κ3) is 3.46. The number of ether oxygens (including phenoxy) is 2. The highest BCUT2D eigenvalue weighted by Crippen LogP contribution is 2.29. The van der Waals surface area contributed by atoms with E-state index in [-0.39, 0.29) is 5.75 Å². The molecule has 0 saturated heterocycles. The zero-order valence-corrected chi connectivity index (χ0v) is 15.6. The minimum Gasteiger partial charge on any atom is -0.494 e. The van der Waals surface area contributed by atoms with E-state index in [1.54, 1.807) is 29.6 Å². The number of nitrogens with one attached hydrogen (secondary N) is 1. The first kappa shape index (κ1) is 18.1. The number of hydrogen-bond acceptors (Lipinski definition) is 6. The van der Waals surface area contributed by atoms with Crippen molar-refractivity contribution >= 4 is 28.3 Å². The number of hydrogen-bond donors (Lipinski definition) is 1. The summed E-state index contributed by atoms with van der Waals surface area (Å²) < 4.78 is 24.0. The van der Waals surface area contributed by atoms with Gasteiger partial charge in [0.25, 0.3) is 5.91 Å². The van der Waals surface area contributed by atoms with E-state index in [1.165, 1.54) is 30.6 Å². The summed E-state index contributed by atoms with van der Waals surface area (Å²) in [7, 11) is 1.39. The third-order valence-corrected chi connectivity index (χ3v) is 5.12. The summed E-state index contributed by atoms with van der Waals surface area (Å²) in [6.45, 7) is 0. The van der Waals surface area contributed by atoms with Gasteiger partial charge >= 0.3 is 5.97 Å². The number of rotatable bonds is 4. The molecule has 1 aromatic heterocycles. The highest BCUT2D eigenvalue weighted by molar-refractivity contribution is 7.14. The lowest BCUT2D eigenvalue weighted by atomic mass is 9.98. The molecule has 6 nitrogen and oxygen atoms in total. The van der Waals surface area contributed by atoms with Gasteiger partial charge in [-0.2, -0.15) is 0 Å². The molecule has 0 aliphatic carbocycles. The van der Waals surface area contributed by atoms with Crippen molar-refractivity contribution in [1.82, 2.24) is 4.98 Å². The third-order valence-electron chi connectivity index (χ3n) is 4.37. The first-order valence-electron chi connectivity index (χ1n) is 8.44. The zero-order valence-electron chi connectivity index (χ0n) is 14.8. The van der Waals surface area contributed by atoms with Crippen LogP contribution >= 0.6 is 11.3 Å². The Kier molecular flexibility index (Phi) is 4.79. The number of aromatic nitrogens is 1. The number of nitrogens with zero attached hydrogens (tertiary/aromatic N) is 1. The molecular weight excluding hydrogens is 383 g/mol. The molecule has 0 bridgehead atoms. The maximum Gasteiger partial charge on any atom is 0.339 e. The number of cyclic esters (lactones) is 1. The number of fused-ring (bicyclic) bond motifs is 1. The molecule has 0 fully saturated rings. The summed E-state index contributed by atoms with van der Waals surface area (Å²) in [4.78, 5) is 28.9. The fourth-order valence-corrected chi connectivity index (χ4v) is 3.68. The van der Waals surface area contributed by atoms with Crippen LogP contribution in [0.2, 0.25) is 0 Å². The van der Waals surface area contributed by atoms with Crippen LogP contribution in [0.25, 0.3) is 11.3 Å². The Morgan fingerprint density at radius 1 is 1.32 bits per heavy atom. The molecule has 2 heterocycles. The van der Waals surface area contributed by atoms with E-state index >= 15 is 0 Å². The SMILES string of the molecule is COc1ccc(-c2csc(NC(=O)[C@@H]3Cc4ccccc4C(=O)O3)n2)cc1F. The van der Waals surface area contributed by atoms with Crippen LogP contribution in [0, 0.1) is 5.82 Å². The number of amides is 1. The van der Waals surface area contributed by atoms with Gasteiger partial charge < -0.3 is 9.47 Å². The van der Waals surface area contributed by atoms with E-state index in [0.717, 1.165) is 5.56 Å². The van der Waals surface area contributed by atoms with Gasteiger partial charge in [0.05, 0.1) is 18.4 Å². The van der Waals surface area contributed by atoms with Gasteiger partial charge in [-0.3, -0.25) is 10.1 Å². The van der Waals surface area contributed by atoms with Crippen molar-refractivity contribution in [3.8, 4) is 17.0 Å². The van der Waals surface area contributed by atoms with Gasteiger partial charge in [-0.05, 0) is 29.8 Å². The minimum atomic E-state index is -0.923. The van der Waals surface area contributed by atoms with Gasteiger partial charge in [0.15, 0.2) is 22.8 Å². The van der Waals surface area contributed by atoms with Gasteiger partial charge in [-0.25, -0.2) is 14.2 Å². The van der Waals surface area contributed by atoms with Crippen LogP contribution in [-0.4, -0.2) is 30.1 Å².